The van der Waals surface area contributed by atoms with Gasteiger partial charge in [-0.2, -0.15) is 5.10 Å². The number of piperidine rings is 1. The molecule has 6 rings (SSSR count). The van der Waals surface area contributed by atoms with Gasteiger partial charge in [-0.1, -0.05) is 11.6 Å². The first-order chi connectivity index (χ1) is 12.1. The van der Waals surface area contributed by atoms with Crippen LogP contribution in [0.3, 0.4) is 0 Å². The minimum absolute atomic E-state index is 0.246. The first-order valence-corrected chi connectivity index (χ1v) is 9.09. The van der Waals surface area contributed by atoms with E-state index in [1.165, 1.54) is 22.4 Å². The first-order valence-electron chi connectivity index (χ1n) is 8.71. The predicted octanol–water partition coefficient (Wildman–Crippen LogP) is 1.18. The van der Waals surface area contributed by atoms with Gasteiger partial charge in [0.25, 0.3) is 5.56 Å². The molecule has 3 fully saturated rings. The highest BCUT2D eigenvalue weighted by Crippen LogP contribution is 2.41. The minimum atomic E-state index is -0.246. The van der Waals surface area contributed by atoms with E-state index in [0.717, 1.165) is 43.9 Å². The fourth-order valence-corrected chi connectivity index (χ4v) is 4.73. The number of hydrogen-bond acceptors (Lipinski definition) is 6. The number of rotatable bonds is 2. The Kier molecular flexibility index (Phi) is 3.28. The molecule has 0 amide bonds. The Bertz CT molecular complexity index is 900. The lowest BCUT2D eigenvalue weighted by molar-refractivity contribution is 0.288. The Hall–Kier alpha value is -2.15. The highest BCUT2D eigenvalue weighted by atomic mass is 35.5. The molecule has 0 radical (unpaired) electrons. The van der Waals surface area contributed by atoms with Gasteiger partial charge in [-0.3, -0.25) is 4.79 Å². The highest BCUT2D eigenvalue weighted by Gasteiger charge is 2.47. The molecule has 7 nitrogen and oxygen atoms in total. The van der Waals surface area contributed by atoms with E-state index in [0.29, 0.717) is 12.1 Å². The standard InChI is InChI=1S/C17H19ClN6O/c1-22-17(25)15(18)14(6-21-22)23-7-10-5-11(8-23)24(10)16-12-3-2-4-13(12)19-9-20-16/h6,9-11H,2-5,7-8H2,1H3. The third-order valence-electron chi connectivity index (χ3n) is 5.69. The molecule has 8 heteroatoms. The van der Waals surface area contributed by atoms with Crippen molar-refractivity contribution in [3.8, 4) is 0 Å². The van der Waals surface area contributed by atoms with Crippen LogP contribution in [0.15, 0.2) is 17.3 Å². The molecule has 2 aromatic heterocycles. The van der Waals surface area contributed by atoms with Crippen LogP contribution < -0.4 is 15.4 Å². The second kappa shape index (κ2) is 5.42. The second-order valence-electron chi connectivity index (χ2n) is 7.10. The zero-order valence-electron chi connectivity index (χ0n) is 14.0. The van der Waals surface area contributed by atoms with E-state index < -0.39 is 0 Å². The largest absolute Gasteiger partial charge is 0.365 e. The lowest BCUT2D eigenvalue weighted by atomic mass is 9.86. The summed E-state index contributed by atoms with van der Waals surface area (Å²) in [5, 5.41) is 4.38. The van der Waals surface area contributed by atoms with Gasteiger partial charge in [0.2, 0.25) is 0 Å². The van der Waals surface area contributed by atoms with E-state index in [2.05, 4.69) is 24.9 Å². The molecule has 25 heavy (non-hydrogen) atoms. The molecule has 130 valence electrons. The van der Waals surface area contributed by atoms with Gasteiger partial charge in [-0.25, -0.2) is 14.6 Å². The third-order valence-corrected chi connectivity index (χ3v) is 6.05. The second-order valence-corrected chi connectivity index (χ2v) is 7.48. The number of fused-ring (bicyclic) bond motifs is 3. The van der Waals surface area contributed by atoms with Crippen LogP contribution in [0.1, 0.15) is 24.1 Å². The monoisotopic (exact) mass is 358 g/mol. The SMILES string of the molecule is Cn1ncc(N2CC3CC(C2)N3c2ncnc3c2CCC3)c(Cl)c1=O. The zero-order valence-corrected chi connectivity index (χ0v) is 14.8. The Labute approximate surface area is 150 Å². The molecule has 4 aliphatic rings. The van der Waals surface area contributed by atoms with Crippen molar-refractivity contribution in [2.75, 3.05) is 22.9 Å². The third kappa shape index (κ3) is 2.18. The maximum Gasteiger partial charge on any atom is 0.287 e. The van der Waals surface area contributed by atoms with E-state index in [9.17, 15) is 4.79 Å². The Morgan fingerprint density at radius 2 is 2.00 bits per heavy atom. The molecule has 3 saturated heterocycles. The topological polar surface area (TPSA) is 67.2 Å². The van der Waals surface area contributed by atoms with Crippen molar-refractivity contribution in [3.63, 3.8) is 0 Å². The highest BCUT2D eigenvalue weighted by molar-refractivity contribution is 6.33. The molecular weight excluding hydrogens is 340 g/mol. The molecule has 2 aromatic rings. The maximum absolute atomic E-state index is 12.1. The number of nitrogens with zero attached hydrogens (tertiary/aromatic N) is 6. The van der Waals surface area contributed by atoms with Crippen LogP contribution in [0.5, 0.6) is 0 Å². The molecule has 2 atom stereocenters. The first kappa shape index (κ1) is 15.1. The average molecular weight is 359 g/mol. The molecule has 3 aliphatic heterocycles. The fourth-order valence-electron chi connectivity index (χ4n) is 4.44. The van der Waals surface area contributed by atoms with Crippen molar-refractivity contribution in [1.82, 2.24) is 19.7 Å². The number of aryl methyl sites for hydroxylation is 2. The molecule has 0 aromatic carbocycles. The number of piperazine rings is 1. The van der Waals surface area contributed by atoms with Crippen LogP contribution in [0.4, 0.5) is 11.5 Å². The lowest BCUT2D eigenvalue weighted by Crippen LogP contribution is -2.69. The van der Waals surface area contributed by atoms with Crippen molar-refractivity contribution in [3.05, 3.63) is 39.2 Å². The molecule has 5 heterocycles. The van der Waals surface area contributed by atoms with E-state index >= 15 is 0 Å². The van der Waals surface area contributed by atoms with Gasteiger partial charge in [0, 0.05) is 31.4 Å². The summed E-state index contributed by atoms with van der Waals surface area (Å²) in [6.07, 6.45) is 7.87. The summed E-state index contributed by atoms with van der Waals surface area (Å²) in [5.41, 5.74) is 3.04. The average Bonchev–Trinajstić information content (AvgIpc) is 3.09. The summed E-state index contributed by atoms with van der Waals surface area (Å²) in [7, 11) is 1.61. The molecule has 0 N–H and O–H groups in total. The Morgan fingerprint density at radius 1 is 1.20 bits per heavy atom. The van der Waals surface area contributed by atoms with Crippen molar-refractivity contribution in [2.24, 2.45) is 7.05 Å². The molecule has 2 unspecified atom stereocenters. The van der Waals surface area contributed by atoms with Gasteiger partial charge in [-0.15, -0.1) is 0 Å². The molecule has 0 saturated carbocycles. The lowest BCUT2D eigenvalue weighted by Gasteiger charge is -2.57. The minimum Gasteiger partial charge on any atom is -0.365 e. The fraction of sp³-hybridized carbons (Fsp3) is 0.529. The summed E-state index contributed by atoms with van der Waals surface area (Å²) < 4.78 is 1.27. The van der Waals surface area contributed by atoms with Crippen molar-refractivity contribution >= 4 is 23.1 Å². The van der Waals surface area contributed by atoms with Crippen LogP contribution in [-0.2, 0) is 19.9 Å². The van der Waals surface area contributed by atoms with Crippen molar-refractivity contribution < 1.29 is 0 Å². The summed E-state index contributed by atoms with van der Waals surface area (Å²) in [5.74, 6) is 1.12. The zero-order chi connectivity index (χ0) is 17.1. The van der Waals surface area contributed by atoms with Crippen LogP contribution in [0, 0.1) is 0 Å². The maximum atomic E-state index is 12.1. The predicted molar refractivity (Wildman–Crippen MR) is 95.4 cm³/mol. The Morgan fingerprint density at radius 3 is 2.80 bits per heavy atom. The molecule has 2 bridgehead atoms. The van der Waals surface area contributed by atoms with Gasteiger partial charge in [-0.05, 0) is 25.7 Å². The van der Waals surface area contributed by atoms with Gasteiger partial charge < -0.3 is 9.80 Å². The van der Waals surface area contributed by atoms with Crippen LogP contribution in [0.25, 0.3) is 0 Å². The van der Waals surface area contributed by atoms with E-state index in [1.807, 2.05) is 0 Å². The summed E-state index contributed by atoms with van der Waals surface area (Å²) in [6.45, 7) is 1.67. The van der Waals surface area contributed by atoms with Crippen LogP contribution >= 0.6 is 11.6 Å². The smallest absolute Gasteiger partial charge is 0.287 e. The number of hydrogen-bond donors (Lipinski definition) is 0. The summed E-state index contributed by atoms with van der Waals surface area (Å²) in [4.78, 5) is 25.7. The molecular formula is C17H19ClN6O. The van der Waals surface area contributed by atoms with E-state index in [-0.39, 0.29) is 10.6 Å². The summed E-state index contributed by atoms with van der Waals surface area (Å²) in [6, 6.07) is 0.803. The number of halogens is 1. The number of anilines is 2. The quantitative estimate of drug-likeness (QED) is 0.803. The molecule has 0 spiro atoms. The van der Waals surface area contributed by atoms with Gasteiger partial charge >= 0.3 is 0 Å². The normalized spacial score (nSPS) is 24.2. The van der Waals surface area contributed by atoms with Gasteiger partial charge in [0.05, 0.1) is 24.0 Å². The van der Waals surface area contributed by atoms with Gasteiger partial charge in [0.1, 0.15) is 17.2 Å². The van der Waals surface area contributed by atoms with Crippen LogP contribution in [-0.4, -0.2) is 44.9 Å². The van der Waals surface area contributed by atoms with E-state index in [1.54, 1.807) is 19.6 Å². The van der Waals surface area contributed by atoms with Crippen molar-refractivity contribution in [2.45, 2.75) is 37.8 Å². The van der Waals surface area contributed by atoms with Crippen molar-refractivity contribution in [1.29, 1.82) is 0 Å². The summed E-state index contributed by atoms with van der Waals surface area (Å²) >= 11 is 6.28. The van der Waals surface area contributed by atoms with Gasteiger partial charge in [0.15, 0.2) is 0 Å². The Balaban J connectivity index is 1.43. The molecule has 1 aliphatic carbocycles. The van der Waals surface area contributed by atoms with E-state index in [4.69, 9.17) is 11.6 Å². The van der Waals surface area contributed by atoms with Crippen LogP contribution in [0.2, 0.25) is 5.02 Å². The number of aromatic nitrogens is 4.